The molecule has 0 aromatic rings. The predicted octanol–water partition coefficient (Wildman–Crippen LogP) is 7.50. The van der Waals surface area contributed by atoms with Crippen LogP contribution in [0.4, 0.5) is 0 Å². The Bertz CT molecular complexity index is 285. The summed E-state index contributed by atoms with van der Waals surface area (Å²) in [6, 6.07) is 0. The summed E-state index contributed by atoms with van der Waals surface area (Å²) >= 11 is 0. The fraction of sp³-hybridized carbons (Fsp3) is 1.00. The van der Waals surface area contributed by atoms with Gasteiger partial charge in [-0.25, -0.2) is 0 Å². The molecule has 0 aliphatic carbocycles. The van der Waals surface area contributed by atoms with Crippen molar-refractivity contribution in [2.75, 3.05) is 26.2 Å². The summed E-state index contributed by atoms with van der Waals surface area (Å²) in [7, 11) is -0.512. The number of halogens is 1. The van der Waals surface area contributed by atoms with Crippen LogP contribution >= 0.6 is 7.26 Å². The van der Waals surface area contributed by atoms with Crippen molar-refractivity contribution in [3.63, 3.8) is 0 Å². The molecule has 0 saturated heterocycles. The van der Waals surface area contributed by atoms with Crippen molar-refractivity contribution in [2.24, 2.45) is 0 Å². The molecule has 0 aromatic heterocycles. The maximum absolute atomic E-state index is 2.48. The lowest BCUT2D eigenvalue weighted by Crippen LogP contribution is -3.00. The number of unbranched alkanes of at least 4 members (excludes halogenated alkanes) is 21. The third-order valence-corrected chi connectivity index (χ3v) is 7.84. The third kappa shape index (κ3) is 31.0. The number of hydrogen-bond acceptors (Lipinski definition) is 0. The van der Waals surface area contributed by atoms with Crippen LogP contribution in [-0.2, 0) is 0 Å². The van der Waals surface area contributed by atoms with Crippen LogP contribution in [0, 0.1) is 0 Å². The lowest BCUT2D eigenvalue weighted by atomic mass is 10.0. The molecule has 0 unspecified atom stereocenters. The molecule has 0 radical (unpaired) electrons. The molecular weight excluding hydrogens is 391 g/mol. The maximum atomic E-state index is 2.48. The minimum absolute atomic E-state index is 0. The van der Waals surface area contributed by atoms with Gasteiger partial charge in [-0.3, -0.25) is 0 Å². The normalized spacial score (nSPS) is 11.6. The summed E-state index contributed by atoms with van der Waals surface area (Å²) in [5, 5.41) is 0. The van der Waals surface area contributed by atoms with Crippen molar-refractivity contribution in [2.45, 2.75) is 148 Å². The van der Waals surface area contributed by atoms with E-state index in [1.165, 1.54) is 147 Å². The molecule has 0 fully saturated rings. The van der Waals surface area contributed by atoms with Gasteiger partial charge in [-0.2, -0.15) is 0 Å². The van der Waals surface area contributed by atoms with E-state index < -0.39 is 7.26 Å². The van der Waals surface area contributed by atoms with Gasteiger partial charge < -0.3 is 12.4 Å². The molecule has 0 aliphatic heterocycles. The molecule has 0 saturated carbocycles. The van der Waals surface area contributed by atoms with Gasteiger partial charge in [-0.05, 0) is 12.8 Å². The summed E-state index contributed by atoms with van der Waals surface area (Å²) in [5.41, 5.74) is 0. The fourth-order valence-electron chi connectivity index (χ4n) is 4.19. The molecule has 2 heteroatoms. The van der Waals surface area contributed by atoms with E-state index in [4.69, 9.17) is 0 Å². The predicted molar refractivity (Wildman–Crippen MR) is 137 cm³/mol. The monoisotopic (exact) mass is 448 g/mol. The van der Waals surface area contributed by atoms with Gasteiger partial charge in [0, 0.05) is 27.3 Å². The first-order valence-corrected chi connectivity index (χ1v) is 16.7. The maximum Gasteiger partial charge on any atom is 0.0586 e. The second-order valence-electron chi connectivity index (χ2n) is 10.4. The standard InChI is InChI=1S/C27H58P.ClH/c1-5-6-7-8-9-10-11-12-13-14-15-16-17-18-19-20-21-22-23-24-25-26-27-28(2,3)4;/h5-27H2,1-4H3;1H/q+1;/p-1. The van der Waals surface area contributed by atoms with Gasteiger partial charge in [-0.15, -0.1) is 0 Å². The molecule has 0 aromatic carbocycles. The Morgan fingerprint density at radius 2 is 0.552 bits per heavy atom. The Kier molecular flexibility index (Phi) is 27.5. The van der Waals surface area contributed by atoms with Gasteiger partial charge in [-0.1, -0.05) is 135 Å². The fourth-order valence-corrected chi connectivity index (χ4v) is 5.37. The summed E-state index contributed by atoms with van der Waals surface area (Å²) in [5.74, 6) is 0. The molecule has 0 aliphatic rings. The highest BCUT2D eigenvalue weighted by molar-refractivity contribution is 7.73. The largest absolute Gasteiger partial charge is 1.00 e. The summed E-state index contributed by atoms with van der Waals surface area (Å²) < 4.78 is 0. The van der Waals surface area contributed by atoms with Crippen LogP contribution in [0.25, 0.3) is 0 Å². The van der Waals surface area contributed by atoms with Crippen molar-refractivity contribution >= 4 is 7.26 Å². The molecule has 0 spiro atoms. The van der Waals surface area contributed by atoms with E-state index in [1.807, 2.05) is 0 Å². The van der Waals surface area contributed by atoms with Gasteiger partial charge >= 0.3 is 0 Å². The van der Waals surface area contributed by atoms with Crippen molar-refractivity contribution < 1.29 is 12.4 Å². The smallest absolute Gasteiger partial charge is 0.0586 e. The third-order valence-electron chi connectivity index (χ3n) is 6.18. The summed E-state index contributed by atoms with van der Waals surface area (Å²) in [6.45, 7) is 9.73. The first kappa shape index (κ1) is 31.9. The van der Waals surface area contributed by atoms with Crippen LogP contribution in [0.3, 0.4) is 0 Å². The Balaban J connectivity index is 0. The second kappa shape index (κ2) is 25.0. The zero-order chi connectivity index (χ0) is 20.8. The van der Waals surface area contributed by atoms with Gasteiger partial charge in [0.05, 0.1) is 6.16 Å². The Labute approximate surface area is 193 Å². The molecule has 0 heterocycles. The second-order valence-corrected chi connectivity index (χ2v) is 15.5. The summed E-state index contributed by atoms with van der Waals surface area (Å²) in [4.78, 5) is 0. The van der Waals surface area contributed by atoms with Crippen LogP contribution in [0.2, 0.25) is 0 Å². The van der Waals surface area contributed by atoms with E-state index >= 15 is 0 Å². The molecule has 0 bridgehead atoms. The van der Waals surface area contributed by atoms with E-state index in [1.54, 1.807) is 0 Å². The molecule has 178 valence electrons. The van der Waals surface area contributed by atoms with Crippen LogP contribution in [-0.4, -0.2) is 26.2 Å². The lowest BCUT2D eigenvalue weighted by molar-refractivity contribution is -0.00000653. The van der Waals surface area contributed by atoms with Gasteiger partial charge in [0.25, 0.3) is 0 Å². The van der Waals surface area contributed by atoms with Gasteiger partial charge in [0.15, 0.2) is 0 Å². The SMILES string of the molecule is CCCCCCCCCCCCCCCCCCCCCCCC[P+](C)(C)C.[Cl-]. The zero-order valence-corrected chi connectivity index (χ0v) is 22.7. The Morgan fingerprint density at radius 3 is 0.759 bits per heavy atom. The van der Waals surface area contributed by atoms with E-state index in [2.05, 4.69) is 26.9 Å². The van der Waals surface area contributed by atoms with E-state index in [0.29, 0.717) is 0 Å². The number of rotatable bonds is 23. The molecule has 0 atom stereocenters. The van der Waals surface area contributed by atoms with E-state index in [-0.39, 0.29) is 12.4 Å². The lowest BCUT2D eigenvalue weighted by Gasteiger charge is -2.10. The zero-order valence-electron chi connectivity index (χ0n) is 21.1. The quantitative estimate of drug-likeness (QED) is 0.112. The molecule has 0 N–H and O–H groups in total. The van der Waals surface area contributed by atoms with Crippen LogP contribution in [0.1, 0.15) is 148 Å². The van der Waals surface area contributed by atoms with Crippen molar-refractivity contribution in [3.05, 3.63) is 0 Å². The highest BCUT2D eigenvalue weighted by Crippen LogP contribution is 2.47. The topological polar surface area (TPSA) is 0 Å². The minimum atomic E-state index is -0.512. The van der Waals surface area contributed by atoms with Crippen LogP contribution < -0.4 is 12.4 Å². The van der Waals surface area contributed by atoms with E-state index in [0.717, 1.165) is 0 Å². The van der Waals surface area contributed by atoms with Crippen molar-refractivity contribution in [1.29, 1.82) is 0 Å². The first-order chi connectivity index (χ1) is 13.6. The Morgan fingerprint density at radius 1 is 0.345 bits per heavy atom. The Hall–Kier alpha value is 0.720. The number of hydrogen-bond donors (Lipinski definition) is 0. The van der Waals surface area contributed by atoms with Gasteiger partial charge in [0.1, 0.15) is 0 Å². The van der Waals surface area contributed by atoms with Gasteiger partial charge in [0.2, 0.25) is 0 Å². The highest BCUT2D eigenvalue weighted by Gasteiger charge is 2.15. The molecule has 0 amide bonds. The first-order valence-electron chi connectivity index (χ1n) is 13.4. The van der Waals surface area contributed by atoms with Crippen molar-refractivity contribution in [1.82, 2.24) is 0 Å². The molecule has 0 rings (SSSR count). The van der Waals surface area contributed by atoms with Crippen LogP contribution in [0.15, 0.2) is 0 Å². The minimum Gasteiger partial charge on any atom is -1.00 e. The molecule has 29 heavy (non-hydrogen) atoms. The average Bonchev–Trinajstić information content (AvgIpc) is 2.65. The van der Waals surface area contributed by atoms with Crippen LogP contribution in [0.5, 0.6) is 0 Å². The molecular formula is C27H58ClP. The summed E-state index contributed by atoms with van der Waals surface area (Å²) in [6.07, 6.45) is 34.1. The average molecular weight is 449 g/mol. The molecule has 0 nitrogen and oxygen atoms in total. The van der Waals surface area contributed by atoms with E-state index in [9.17, 15) is 0 Å². The van der Waals surface area contributed by atoms with Crippen molar-refractivity contribution in [3.8, 4) is 0 Å². The highest BCUT2D eigenvalue weighted by atomic mass is 35.5.